The molecule has 0 saturated heterocycles. The summed E-state index contributed by atoms with van der Waals surface area (Å²) in [5.74, 6) is 1.86. The van der Waals surface area contributed by atoms with Gasteiger partial charge in [0.15, 0.2) is 4.34 Å². The maximum absolute atomic E-state index is 8.93. The quantitative estimate of drug-likeness (QED) is 0.695. The number of nitrogens with one attached hydrogen (secondary N) is 1. The van der Waals surface area contributed by atoms with E-state index in [-0.39, 0.29) is 6.61 Å². The molecule has 0 aromatic carbocycles. The minimum Gasteiger partial charge on any atom is -0.396 e. The average molecular weight is 261 g/mol. The summed E-state index contributed by atoms with van der Waals surface area (Å²) >= 11 is 3.18. The van der Waals surface area contributed by atoms with Crippen molar-refractivity contribution in [1.82, 2.24) is 14.7 Å². The fourth-order valence-electron chi connectivity index (χ4n) is 1.30. The first kappa shape index (κ1) is 13.9. The first-order valence-corrected chi connectivity index (χ1v) is 7.35. The first-order chi connectivity index (χ1) is 7.80. The van der Waals surface area contributed by atoms with E-state index in [1.807, 2.05) is 0 Å². The van der Waals surface area contributed by atoms with E-state index in [2.05, 4.69) is 28.5 Å². The maximum Gasteiger partial charge on any atom is 0.170 e. The van der Waals surface area contributed by atoms with Gasteiger partial charge in [0.1, 0.15) is 5.82 Å². The van der Waals surface area contributed by atoms with Crippen LogP contribution in [0.15, 0.2) is 4.34 Å². The molecule has 1 aromatic heterocycles. The van der Waals surface area contributed by atoms with Gasteiger partial charge in [-0.25, -0.2) is 4.98 Å². The zero-order valence-electron chi connectivity index (χ0n) is 9.77. The van der Waals surface area contributed by atoms with E-state index >= 15 is 0 Å². The standard InChI is InChI=1S/C10H19N3OS2/c1-3-9-12-10(16-13-9)15-7-8(5-6-14)11-4-2/h8,11,14H,3-7H2,1-2H3. The highest BCUT2D eigenvalue weighted by atomic mass is 32.2. The molecule has 1 rings (SSSR count). The summed E-state index contributed by atoms with van der Waals surface area (Å²) in [6.45, 7) is 5.30. The third-order valence-corrected chi connectivity index (χ3v) is 4.18. The van der Waals surface area contributed by atoms with Crippen LogP contribution in [0.5, 0.6) is 0 Å². The molecule has 6 heteroatoms. The van der Waals surface area contributed by atoms with Crippen molar-refractivity contribution in [3.63, 3.8) is 0 Å². The van der Waals surface area contributed by atoms with Crippen LogP contribution in [0.25, 0.3) is 0 Å². The number of aromatic nitrogens is 2. The molecule has 0 fully saturated rings. The Kier molecular flexibility index (Phi) is 6.95. The summed E-state index contributed by atoms with van der Waals surface area (Å²) in [5, 5.41) is 12.3. The molecule has 92 valence electrons. The monoisotopic (exact) mass is 261 g/mol. The summed E-state index contributed by atoms with van der Waals surface area (Å²) in [6.07, 6.45) is 1.69. The van der Waals surface area contributed by atoms with Crippen LogP contribution in [0.4, 0.5) is 0 Å². The molecule has 0 aliphatic carbocycles. The van der Waals surface area contributed by atoms with Gasteiger partial charge < -0.3 is 10.4 Å². The third-order valence-electron chi connectivity index (χ3n) is 2.14. The highest BCUT2D eigenvalue weighted by Crippen LogP contribution is 2.21. The molecule has 1 heterocycles. The molecule has 0 aliphatic rings. The average Bonchev–Trinajstić information content (AvgIpc) is 2.74. The van der Waals surface area contributed by atoms with Crippen LogP contribution < -0.4 is 5.32 Å². The van der Waals surface area contributed by atoms with Gasteiger partial charge in [0.2, 0.25) is 0 Å². The Labute approximate surface area is 105 Å². The molecule has 1 aromatic rings. The molecule has 0 bridgehead atoms. The van der Waals surface area contributed by atoms with Crippen LogP contribution in [-0.4, -0.2) is 39.4 Å². The van der Waals surface area contributed by atoms with Gasteiger partial charge >= 0.3 is 0 Å². The Morgan fingerprint density at radius 1 is 1.50 bits per heavy atom. The Morgan fingerprint density at radius 3 is 2.88 bits per heavy atom. The number of thioether (sulfide) groups is 1. The van der Waals surface area contributed by atoms with Gasteiger partial charge in [-0.3, -0.25) is 0 Å². The Hall–Kier alpha value is -0.170. The maximum atomic E-state index is 8.93. The first-order valence-electron chi connectivity index (χ1n) is 5.59. The molecule has 0 radical (unpaired) electrons. The molecular formula is C10H19N3OS2. The van der Waals surface area contributed by atoms with Crippen molar-refractivity contribution >= 4 is 23.3 Å². The van der Waals surface area contributed by atoms with Crippen molar-refractivity contribution in [2.45, 2.75) is 37.1 Å². The van der Waals surface area contributed by atoms with Crippen LogP contribution in [0.2, 0.25) is 0 Å². The number of hydrogen-bond acceptors (Lipinski definition) is 6. The summed E-state index contributed by atoms with van der Waals surface area (Å²) in [4.78, 5) is 4.40. The molecule has 0 aliphatic heterocycles. The summed E-state index contributed by atoms with van der Waals surface area (Å²) in [6, 6.07) is 0.356. The lowest BCUT2D eigenvalue weighted by Gasteiger charge is -2.14. The fraction of sp³-hybridized carbons (Fsp3) is 0.800. The topological polar surface area (TPSA) is 58.0 Å². The van der Waals surface area contributed by atoms with Gasteiger partial charge in [0.05, 0.1) is 0 Å². The minimum atomic E-state index is 0.231. The summed E-state index contributed by atoms with van der Waals surface area (Å²) in [7, 11) is 0. The molecule has 0 spiro atoms. The SMILES string of the molecule is CCNC(CCO)CSc1nc(CC)ns1. The second-order valence-corrected chi connectivity index (χ2v) is 5.43. The number of rotatable bonds is 8. The largest absolute Gasteiger partial charge is 0.396 e. The van der Waals surface area contributed by atoms with Crippen LogP contribution >= 0.6 is 23.3 Å². The minimum absolute atomic E-state index is 0.231. The zero-order valence-corrected chi connectivity index (χ0v) is 11.4. The molecule has 1 unspecified atom stereocenters. The van der Waals surface area contributed by atoms with Crippen LogP contribution in [0.1, 0.15) is 26.1 Å². The van der Waals surface area contributed by atoms with E-state index in [9.17, 15) is 0 Å². The molecular weight excluding hydrogens is 242 g/mol. The van der Waals surface area contributed by atoms with E-state index < -0.39 is 0 Å². The Bertz CT molecular complexity index is 287. The van der Waals surface area contributed by atoms with Crippen molar-refractivity contribution in [2.24, 2.45) is 0 Å². The van der Waals surface area contributed by atoms with Gasteiger partial charge in [-0.1, -0.05) is 25.6 Å². The summed E-state index contributed by atoms with van der Waals surface area (Å²) < 4.78 is 5.27. The number of aryl methyl sites for hydroxylation is 1. The number of aliphatic hydroxyl groups is 1. The number of hydrogen-bond donors (Lipinski definition) is 2. The highest BCUT2D eigenvalue weighted by molar-refractivity contribution is 8.00. The third kappa shape index (κ3) is 4.78. The van der Waals surface area contributed by atoms with Gasteiger partial charge in [0.25, 0.3) is 0 Å². The van der Waals surface area contributed by atoms with E-state index in [1.165, 1.54) is 11.5 Å². The number of aliphatic hydroxyl groups excluding tert-OH is 1. The normalized spacial score (nSPS) is 12.9. The fourth-order valence-corrected chi connectivity index (χ4v) is 3.13. The van der Waals surface area contributed by atoms with E-state index in [4.69, 9.17) is 5.11 Å². The van der Waals surface area contributed by atoms with Gasteiger partial charge in [-0.2, -0.15) is 4.37 Å². The lowest BCUT2D eigenvalue weighted by atomic mass is 10.2. The van der Waals surface area contributed by atoms with E-state index in [1.54, 1.807) is 11.8 Å². The van der Waals surface area contributed by atoms with Gasteiger partial charge in [-0.15, -0.1) is 0 Å². The van der Waals surface area contributed by atoms with Crippen LogP contribution in [-0.2, 0) is 6.42 Å². The molecule has 1 atom stereocenters. The van der Waals surface area contributed by atoms with Crippen molar-refractivity contribution in [3.05, 3.63) is 5.82 Å². The van der Waals surface area contributed by atoms with Crippen LogP contribution in [0.3, 0.4) is 0 Å². The van der Waals surface area contributed by atoms with Gasteiger partial charge in [0, 0.05) is 24.8 Å². The molecule has 2 N–H and O–H groups in total. The van der Waals surface area contributed by atoms with Crippen molar-refractivity contribution < 1.29 is 5.11 Å². The smallest absolute Gasteiger partial charge is 0.170 e. The van der Waals surface area contributed by atoms with E-state index in [0.29, 0.717) is 6.04 Å². The predicted molar refractivity (Wildman–Crippen MR) is 69.2 cm³/mol. The Balaban J connectivity index is 2.35. The highest BCUT2D eigenvalue weighted by Gasteiger charge is 2.09. The predicted octanol–water partition coefficient (Wildman–Crippen LogP) is 1.55. The zero-order chi connectivity index (χ0) is 11.8. The lowest BCUT2D eigenvalue weighted by Crippen LogP contribution is -2.31. The number of nitrogens with zero attached hydrogens (tertiary/aromatic N) is 2. The Morgan fingerprint density at radius 2 is 2.31 bits per heavy atom. The molecule has 16 heavy (non-hydrogen) atoms. The van der Waals surface area contributed by atoms with Crippen molar-refractivity contribution in [2.75, 3.05) is 18.9 Å². The molecule has 0 saturated carbocycles. The van der Waals surface area contributed by atoms with Crippen LogP contribution in [0, 0.1) is 0 Å². The summed E-state index contributed by atoms with van der Waals surface area (Å²) in [5.41, 5.74) is 0. The van der Waals surface area contributed by atoms with Crippen molar-refractivity contribution in [1.29, 1.82) is 0 Å². The van der Waals surface area contributed by atoms with E-state index in [0.717, 1.165) is 35.3 Å². The second-order valence-electron chi connectivity index (χ2n) is 3.41. The molecule has 4 nitrogen and oxygen atoms in total. The van der Waals surface area contributed by atoms with Gasteiger partial charge in [-0.05, 0) is 24.5 Å². The van der Waals surface area contributed by atoms with Crippen molar-refractivity contribution in [3.8, 4) is 0 Å². The lowest BCUT2D eigenvalue weighted by molar-refractivity contribution is 0.271. The second kappa shape index (κ2) is 8.00. The molecule has 0 amide bonds.